The normalized spacial score (nSPS) is 12.3. The first-order valence-electron chi connectivity index (χ1n) is 6.75. The van der Waals surface area contributed by atoms with Crippen molar-refractivity contribution >= 4 is 27.5 Å². The molecule has 0 aliphatic carbocycles. The van der Waals surface area contributed by atoms with Gasteiger partial charge in [-0.15, -0.1) is 0 Å². The zero-order valence-electron chi connectivity index (χ0n) is 11.4. The molecule has 0 amide bonds. The molecule has 0 aliphatic heterocycles. The molecule has 0 bridgehead atoms. The van der Waals surface area contributed by atoms with Crippen LogP contribution >= 0.6 is 27.5 Å². The molecule has 1 unspecified atom stereocenters. The first kappa shape index (κ1) is 15.5. The summed E-state index contributed by atoms with van der Waals surface area (Å²) in [5, 5.41) is 4.20. The van der Waals surface area contributed by atoms with Gasteiger partial charge in [-0.05, 0) is 58.7 Å². The lowest BCUT2D eigenvalue weighted by molar-refractivity contribution is 0.589. The molecule has 0 radical (unpaired) electrons. The van der Waals surface area contributed by atoms with Crippen LogP contribution in [0.4, 0.5) is 0 Å². The molecule has 20 heavy (non-hydrogen) atoms. The lowest BCUT2D eigenvalue weighted by Gasteiger charge is -2.17. The number of nitrogens with one attached hydrogen (secondary N) is 1. The second-order valence-corrected chi connectivity index (χ2v) is 6.08. The number of likely N-dealkylation sites (N-methyl/N-ethyl adjacent to an activating group) is 1. The molecule has 0 saturated carbocycles. The van der Waals surface area contributed by atoms with Gasteiger partial charge in [-0.25, -0.2) is 0 Å². The fourth-order valence-corrected chi connectivity index (χ4v) is 2.50. The summed E-state index contributed by atoms with van der Waals surface area (Å²) < 4.78 is 1.01. The van der Waals surface area contributed by atoms with Gasteiger partial charge in [-0.1, -0.05) is 30.7 Å². The van der Waals surface area contributed by atoms with Crippen molar-refractivity contribution in [1.29, 1.82) is 0 Å². The maximum Gasteiger partial charge on any atom is 0.0413 e. The van der Waals surface area contributed by atoms with E-state index in [1.165, 1.54) is 5.56 Å². The smallest absolute Gasteiger partial charge is 0.0413 e. The Bertz CT molecular complexity index is 525. The van der Waals surface area contributed by atoms with Crippen molar-refractivity contribution in [3.05, 3.63) is 63.3 Å². The average Bonchev–Trinajstić information content (AvgIpc) is 2.46. The van der Waals surface area contributed by atoms with E-state index in [0.29, 0.717) is 5.92 Å². The second kappa shape index (κ2) is 7.77. The van der Waals surface area contributed by atoms with Gasteiger partial charge >= 0.3 is 0 Å². The molecule has 1 heterocycles. The summed E-state index contributed by atoms with van der Waals surface area (Å²) in [4.78, 5) is 4.47. The Morgan fingerprint density at radius 1 is 1.20 bits per heavy atom. The summed E-state index contributed by atoms with van der Waals surface area (Å²) in [5.74, 6) is 0.404. The van der Waals surface area contributed by atoms with Crippen LogP contribution in [0.25, 0.3) is 0 Å². The van der Waals surface area contributed by atoms with Crippen LogP contribution in [0, 0.1) is 0 Å². The van der Waals surface area contributed by atoms with Gasteiger partial charge in [0.15, 0.2) is 0 Å². The SMILES string of the molecule is CCNCC(Cc1ccc(Br)cn1)c1ccc(Cl)cc1. The van der Waals surface area contributed by atoms with E-state index in [1.807, 2.05) is 24.4 Å². The molecule has 0 aliphatic rings. The van der Waals surface area contributed by atoms with Crippen molar-refractivity contribution in [2.45, 2.75) is 19.3 Å². The molecule has 1 aromatic carbocycles. The molecule has 2 aromatic rings. The fourth-order valence-electron chi connectivity index (χ4n) is 2.14. The van der Waals surface area contributed by atoms with Crippen LogP contribution < -0.4 is 5.32 Å². The van der Waals surface area contributed by atoms with Crippen LogP contribution in [0.3, 0.4) is 0 Å². The maximum atomic E-state index is 5.97. The standard InChI is InChI=1S/C16H18BrClN2/c1-2-19-10-13(12-3-6-15(18)7-4-12)9-16-8-5-14(17)11-20-16/h3-8,11,13,19H,2,9-10H2,1H3. The molecule has 1 aromatic heterocycles. The van der Waals surface area contributed by atoms with Gasteiger partial charge in [-0.2, -0.15) is 0 Å². The minimum Gasteiger partial charge on any atom is -0.316 e. The molecule has 2 rings (SSSR count). The van der Waals surface area contributed by atoms with E-state index in [-0.39, 0.29) is 0 Å². The van der Waals surface area contributed by atoms with E-state index < -0.39 is 0 Å². The van der Waals surface area contributed by atoms with Gasteiger partial charge in [0.2, 0.25) is 0 Å². The summed E-state index contributed by atoms with van der Waals surface area (Å²) in [6.07, 6.45) is 2.77. The Morgan fingerprint density at radius 2 is 1.95 bits per heavy atom. The van der Waals surface area contributed by atoms with Crippen LogP contribution in [0.15, 0.2) is 47.1 Å². The van der Waals surface area contributed by atoms with E-state index in [2.05, 4.69) is 51.4 Å². The largest absolute Gasteiger partial charge is 0.316 e. The maximum absolute atomic E-state index is 5.97. The predicted octanol–water partition coefficient (Wildman–Crippen LogP) is 4.43. The highest BCUT2D eigenvalue weighted by Crippen LogP contribution is 2.22. The van der Waals surface area contributed by atoms with Crippen molar-refractivity contribution in [1.82, 2.24) is 10.3 Å². The molecule has 4 heteroatoms. The Labute approximate surface area is 133 Å². The number of benzene rings is 1. The Morgan fingerprint density at radius 3 is 2.55 bits per heavy atom. The van der Waals surface area contributed by atoms with Crippen molar-refractivity contribution in [3.63, 3.8) is 0 Å². The molecule has 0 spiro atoms. The van der Waals surface area contributed by atoms with Crippen molar-refractivity contribution in [2.24, 2.45) is 0 Å². The molecule has 0 saturated heterocycles. The molecule has 1 atom stereocenters. The molecule has 0 fully saturated rings. The second-order valence-electron chi connectivity index (χ2n) is 4.73. The fraction of sp³-hybridized carbons (Fsp3) is 0.312. The number of hydrogen-bond acceptors (Lipinski definition) is 2. The number of nitrogens with zero attached hydrogens (tertiary/aromatic N) is 1. The number of halogens is 2. The van der Waals surface area contributed by atoms with Gasteiger partial charge in [0.1, 0.15) is 0 Å². The monoisotopic (exact) mass is 352 g/mol. The minimum atomic E-state index is 0.404. The number of rotatable bonds is 6. The third-order valence-electron chi connectivity index (χ3n) is 3.23. The van der Waals surface area contributed by atoms with Gasteiger partial charge in [0.05, 0.1) is 0 Å². The van der Waals surface area contributed by atoms with Crippen molar-refractivity contribution in [3.8, 4) is 0 Å². The molecule has 106 valence electrons. The molecule has 2 nitrogen and oxygen atoms in total. The summed E-state index contributed by atoms with van der Waals surface area (Å²) in [6.45, 7) is 4.03. The molecule has 1 N–H and O–H groups in total. The van der Waals surface area contributed by atoms with E-state index in [4.69, 9.17) is 11.6 Å². The van der Waals surface area contributed by atoms with Crippen LogP contribution in [0.1, 0.15) is 24.1 Å². The van der Waals surface area contributed by atoms with Crippen LogP contribution in [0.2, 0.25) is 5.02 Å². The Hall–Kier alpha value is -0.900. The van der Waals surface area contributed by atoms with Gasteiger partial charge < -0.3 is 5.32 Å². The van der Waals surface area contributed by atoms with E-state index in [9.17, 15) is 0 Å². The summed E-state index contributed by atoms with van der Waals surface area (Å²) in [5.41, 5.74) is 2.39. The van der Waals surface area contributed by atoms with E-state index >= 15 is 0 Å². The predicted molar refractivity (Wildman–Crippen MR) is 88.4 cm³/mol. The van der Waals surface area contributed by atoms with Crippen LogP contribution in [0.5, 0.6) is 0 Å². The topological polar surface area (TPSA) is 24.9 Å². The quantitative estimate of drug-likeness (QED) is 0.831. The van der Waals surface area contributed by atoms with Gasteiger partial charge in [-0.3, -0.25) is 4.98 Å². The Balaban J connectivity index is 2.14. The van der Waals surface area contributed by atoms with Gasteiger partial charge in [0, 0.05) is 33.8 Å². The highest BCUT2D eigenvalue weighted by Gasteiger charge is 2.12. The highest BCUT2D eigenvalue weighted by atomic mass is 79.9. The van der Waals surface area contributed by atoms with Gasteiger partial charge in [0.25, 0.3) is 0 Å². The zero-order valence-corrected chi connectivity index (χ0v) is 13.8. The summed E-state index contributed by atoms with van der Waals surface area (Å²) >= 11 is 9.38. The van der Waals surface area contributed by atoms with E-state index in [1.54, 1.807) is 0 Å². The Kier molecular flexibility index (Phi) is 6.02. The summed E-state index contributed by atoms with van der Waals surface area (Å²) in [6, 6.07) is 12.2. The van der Waals surface area contributed by atoms with Crippen molar-refractivity contribution in [2.75, 3.05) is 13.1 Å². The molecular formula is C16H18BrClN2. The number of pyridine rings is 1. The number of hydrogen-bond donors (Lipinski definition) is 1. The third-order valence-corrected chi connectivity index (χ3v) is 3.95. The first-order chi connectivity index (χ1) is 9.69. The molecular weight excluding hydrogens is 336 g/mol. The van der Waals surface area contributed by atoms with Crippen LogP contribution in [-0.2, 0) is 6.42 Å². The third kappa shape index (κ3) is 4.58. The average molecular weight is 354 g/mol. The van der Waals surface area contributed by atoms with Crippen molar-refractivity contribution < 1.29 is 0 Å². The lowest BCUT2D eigenvalue weighted by atomic mass is 9.94. The zero-order chi connectivity index (χ0) is 14.4. The number of aromatic nitrogens is 1. The first-order valence-corrected chi connectivity index (χ1v) is 7.92. The lowest BCUT2D eigenvalue weighted by Crippen LogP contribution is -2.23. The van der Waals surface area contributed by atoms with Crippen LogP contribution in [-0.4, -0.2) is 18.1 Å². The minimum absolute atomic E-state index is 0.404. The highest BCUT2D eigenvalue weighted by molar-refractivity contribution is 9.10. The summed E-state index contributed by atoms with van der Waals surface area (Å²) in [7, 11) is 0. The van der Waals surface area contributed by atoms with E-state index in [0.717, 1.165) is 34.7 Å².